The predicted octanol–water partition coefficient (Wildman–Crippen LogP) is 0.378. The van der Waals surface area contributed by atoms with Crippen molar-refractivity contribution < 1.29 is 14.7 Å². The highest BCUT2D eigenvalue weighted by molar-refractivity contribution is 5.93. The molecule has 0 spiro atoms. The minimum absolute atomic E-state index is 0.0107. The van der Waals surface area contributed by atoms with Gasteiger partial charge < -0.3 is 20.2 Å². The maximum absolute atomic E-state index is 12.6. The summed E-state index contributed by atoms with van der Waals surface area (Å²) in [6.45, 7) is 5.18. The lowest BCUT2D eigenvalue weighted by atomic mass is 9.93. The van der Waals surface area contributed by atoms with Crippen LogP contribution in [-0.4, -0.2) is 80.9 Å². The molecule has 2 saturated heterocycles. The summed E-state index contributed by atoms with van der Waals surface area (Å²) in [5, 5.41) is 18.2. The number of β-amino-alcohol motifs (C(OH)–C–C–N with tert-alkyl or cyclic N) is 1. The third-order valence-electron chi connectivity index (χ3n) is 5.67. The van der Waals surface area contributed by atoms with Crippen LogP contribution < -0.4 is 5.32 Å². The summed E-state index contributed by atoms with van der Waals surface area (Å²) in [7, 11) is 1.80. The van der Waals surface area contributed by atoms with E-state index in [4.69, 9.17) is 0 Å². The minimum atomic E-state index is -0.759. The van der Waals surface area contributed by atoms with E-state index in [0.717, 1.165) is 32.4 Å². The third kappa shape index (κ3) is 5.29. The molecule has 27 heavy (non-hydrogen) atoms. The zero-order valence-corrected chi connectivity index (χ0v) is 16.4. The molecule has 2 amide bonds. The van der Waals surface area contributed by atoms with Gasteiger partial charge in [0.1, 0.15) is 0 Å². The van der Waals surface area contributed by atoms with Gasteiger partial charge in [0, 0.05) is 58.9 Å². The number of hydrogen-bond donors (Lipinski definition) is 2. The maximum Gasteiger partial charge on any atom is 0.257 e. The molecule has 3 rings (SSSR count). The zero-order chi connectivity index (χ0) is 19.4. The van der Waals surface area contributed by atoms with Crippen LogP contribution in [0.4, 0.5) is 0 Å². The first-order chi connectivity index (χ1) is 12.8. The summed E-state index contributed by atoms with van der Waals surface area (Å²) in [4.78, 5) is 27.9. The van der Waals surface area contributed by atoms with Gasteiger partial charge in [-0.1, -0.05) is 0 Å². The summed E-state index contributed by atoms with van der Waals surface area (Å²) < 4.78 is 1.63. The summed E-state index contributed by atoms with van der Waals surface area (Å²) in [6.07, 6.45) is 7.25. The Morgan fingerprint density at radius 3 is 2.63 bits per heavy atom. The predicted molar refractivity (Wildman–Crippen MR) is 101 cm³/mol. The molecule has 0 radical (unpaired) electrons. The van der Waals surface area contributed by atoms with Gasteiger partial charge in [0.05, 0.1) is 17.4 Å². The number of carbonyl (C=O) groups is 2. The first kappa shape index (κ1) is 19.8. The number of hydrogen-bond acceptors (Lipinski definition) is 5. The molecule has 2 aliphatic rings. The van der Waals surface area contributed by atoms with Crippen molar-refractivity contribution in [3.63, 3.8) is 0 Å². The molecule has 2 N–H and O–H groups in total. The molecule has 0 saturated carbocycles. The Kier molecular flexibility index (Phi) is 6.16. The molecule has 0 unspecified atom stereocenters. The van der Waals surface area contributed by atoms with Crippen LogP contribution in [0, 0.1) is 0 Å². The van der Waals surface area contributed by atoms with Crippen molar-refractivity contribution in [1.82, 2.24) is 24.9 Å². The molecule has 8 heteroatoms. The Bertz CT molecular complexity index is 668. The van der Waals surface area contributed by atoms with E-state index >= 15 is 0 Å². The SMILES string of the molecule is CC(=O)NC1CCN(C[C@]2(O)CCCN(C(=O)c3cnn(C)c3)CC2)CC1. The molecule has 0 aromatic carbocycles. The van der Waals surface area contributed by atoms with Crippen molar-refractivity contribution in [2.24, 2.45) is 7.05 Å². The largest absolute Gasteiger partial charge is 0.388 e. The number of nitrogens with zero attached hydrogens (tertiary/aromatic N) is 4. The molecule has 8 nitrogen and oxygen atoms in total. The van der Waals surface area contributed by atoms with E-state index in [2.05, 4.69) is 15.3 Å². The van der Waals surface area contributed by atoms with Crippen molar-refractivity contribution in [3.05, 3.63) is 18.0 Å². The lowest BCUT2D eigenvalue weighted by molar-refractivity contribution is -0.120. The second kappa shape index (κ2) is 8.39. The van der Waals surface area contributed by atoms with Gasteiger partial charge in [0.2, 0.25) is 5.91 Å². The number of likely N-dealkylation sites (tertiary alicyclic amines) is 2. The Hall–Kier alpha value is -1.93. The summed E-state index contributed by atoms with van der Waals surface area (Å²) >= 11 is 0. The van der Waals surface area contributed by atoms with Gasteiger partial charge >= 0.3 is 0 Å². The van der Waals surface area contributed by atoms with E-state index in [1.165, 1.54) is 0 Å². The first-order valence-electron chi connectivity index (χ1n) is 9.84. The van der Waals surface area contributed by atoms with Crippen molar-refractivity contribution in [2.75, 3.05) is 32.7 Å². The summed E-state index contributed by atoms with van der Waals surface area (Å²) in [5.74, 6) is 0.0118. The van der Waals surface area contributed by atoms with E-state index in [1.807, 2.05) is 4.90 Å². The number of aliphatic hydroxyl groups is 1. The van der Waals surface area contributed by atoms with Crippen LogP contribution >= 0.6 is 0 Å². The van der Waals surface area contributed by atoms with E-state index < -0.39 is 5.60 Å². The Morgan fingerprint density at radius 1 is 1.26 bits per heavy atom. The summed E-state index contributed by atoms with van der Waals surface area (Å²) in [5.41, 5.74) is -0.159. The van der Waals surface area contributed by atoms with E-state index in [-0.39, 0.29) is 17.9 Å². The molecular weight excluding hydrogens is 346 g/mol. The maximum atomic E-state index is 12.6. The number of rotatable bonds is 4. The Balaban J connectivity index is 1.51. The average molecular weight is 377 g/mol. The monoisotopic (exact) mass is 377 g/mol. The van der Waals surface area contributed by atoms with Crippen molar-refractivity contribution in [1.29, 1.82) is 0 Å². The highest BCUT2D eigenvalue weighted by Crippen LogP contribution is 2.26. The summed E-state index contributed by atoms with van der Waals surface area (Å²) in [6, 6.07) is 0.245. The van der Waals surface area contributed by atoms with Crippen LogP contribution in [0.25, 0.3) is 0 Å². The first-order valence-corrected chi connectivity index (χ1v) is 9.84. The molecule has 150 valence electrons. The number of carbonyl (C=O) groups excluding carboxylic acids is 2. The molecule has 1 atom stereocenters. The standard InChI is InChI=1S/C19H31N5O3/c1-15(25)21-17-4-9-23(10-5-17)14-19(27)6-3-8-24(11-7-19)18(26)16-12-20-22(2)13-16/h12-13,17,27H,3-11,14H2,1-2H3,(H,21,25)/t19-/m0/s1. The third-order valence-corrected chi connectivity index (χ3v) is 5.67. The Labute approximate surface area is 160 Å². The number of nitrogens with one attached hydrogen (secondary N) is 1. The van der Waals surface area contributed by atoms with Gasteiger partial charge in [-0.2, -0.15) is 5.10 Å². The van der Waals surface area contributed by atoms with Crippen LogP contribution in [0.3, 0.4) is 0 Å². The van der Waals surface area contributed by atoms with Crippen LogP contribution in [0.2, 0.25) is 0 Å². The number of aryl methyl sites for hydroxylation is 1. The normalized spacial score (nSPS) is 25.2. The van der Waals surface area contributed by atoms with Crippen LogP contribution in [0.1, 0.15) is 49.4 Å². The average Bonchev–Trinajstić information content (AvgIpc) is 2.95. The molecule has 0 aliphatic carbocycles. The van der Waals surface area contributed by atoms with E-state index in [0.29, 0.717) is 38.0 Å². The topological polar surface area (TPSA) is 90.7 Å². The Morgan fingerprint density at radius 2 is 2.00 bits per heavy atom. The van der Waals surface area contributed by atoms with Gasteiger partial charge in [0.15, 0.2) is 0 Å². The van der Waals surface area contributed by atoms with Crippen molar-refractivity contribution in [2.45, 2.75) is 50.7 Å². The van der Waals surface area contributed by atoms with Crippen LogP contribution in [0.5, 0.6) is 0 Å². The highest BCUT2D eigenvalue weighted by Gasteiger charge is 2.34. The number of aromatic nitrogens is 2. The molecule has 1 aromatic heterocycles. The van der Waals surface area contributed by atoms with Crippen LogP contribution in [-0.2, 0) is 11.8 Å². The fraction of sp³-hybridized carbons (Fsp3) is 0.737. The van der Waals surface area contributed by atoms with E-state index in [1.54, 1.807) is 31.0 Å². The van der Waals surface area contributed by atoms with Crippen molar-refractivity contribution in [3.8, 4) is 0 Å². The second-order valence-corrected chi connectivity index (χ2v) is 8.02. The van der Waals surface area contributed by atoms with Crippen molar-refractivity contribution >= 4 is 11.8 Å². The van der Waals surface area contributed by atoms with Gasteiger partial charge in [-0.15, -0.1) is 0 Å². The second-order valence-electron chi connectivity index (χ2n) is 8.02. The quantitative estimate of drug-likeness (QED) is 0.792. The van der Waals surface area contributed by atoms with Gasteiger partial charge in [-0.25, -0.2) is 0 Å². The van der Waals surface area contributed by atoms with Crippen LogP contribution in [0.15, 0.2) is 12.4 Å². The number of amides is 2. The number of piperidine rings is 1. The lowest BCUT2D eigenvalue weighted by Gasteiger charge is -2.38. The zero-order valence-electron chi connectivity index (χ0n) is 16.4. The lowest BCUT2D eigenvalue weighted by Crippen LogP contribution is -2.50. The van der Waals surface area contributed by atoms with Gasteiger partial charge in [-0.05, 0) is 32.1 Å². The molecule has 1 aromatic rings. The molecule has 2 aliphatic heterocycles. The fourth-order valence-electron chi connectivity index (χ4n) is 4.19. The molecule has 0 bridgehead atoms. The van der Waals surface area contributed by atoms with Gasteiger partial charge in [-0.3, -0.25) is 14.3 Å². The highest BCUT2D eigenvalue weighted by atomic mass is 16.3. The molecule has 2 fully saturated rings. The molecular formula is C19H31N5O3. The minimum Gasteiger partial charge on any atom is -0.388 e. The fourth-order valence-corrected chi connectivity index (χ4v) is 4.19. The molecule has 3 heterocycles. The van der Waals surface area contributed by atoms with E-state index in [9.17, 15) is 14.7 Å². The smallest absolute Gasteiger partial charge is 0.257 e. The van der Waals surface area contributed by atoms with Gasteiger partial charge in [0.25, 0.3) is 5.91 Å².